The summed E-state index contributed by atoms with van der Waals surface area (Å²) in [5.74, 6) is -1.19. The molecule has 0 radical (unpaired) electrons. The lowest BCUT2D eigenvalue weighted by atomic mass is 10.2. The zero-order chi connectivity index (χ0) is 14.7. The van der Waals surface area contributed by atoms with E-state index in [2.05, 4.69) is 36.6 Å². The van der Waals surface area contributed by atoms with Crippen LogP contribution in [0.15, 0.2) is 43.9 Å². The lowest BCUT2D eigenvalue weighted by molar-refractivity contribution is 0.0590. The van der Waals surface area contributed by atoms with Crippen molar-refractivity contribution in [1.82, 2.24) is 0 Å². The Kier molecular flexibility index (Phi) is 4.61. The second-order valence-corrected chi connectivity index (χ2v) is 5.32. The van der Waals surface area contributed by atoms with Crippen molar-refractivity contribution in [1.29, 1.82) is 0 Å². The average Bonchev–Trinajstić information content (AvgIpc) is 2.86. The van der Waals surface area contributed by atoms with Crippen LogP contribution in [0.5, 0.6) is 5.75 Å². The molecule has 0 spiro atoms. The Labute approximate surface area is 131 Å². The normalized spacial score (nSPS) is 10.2. The highest BCUT2D eigenvalue weighted by Gasteiger charge is 2.19. The fourth-order valence-corrected chi connectivity index (χ4v) is 2.10. The Bertz CT molecular complexity index is 663. The number of ether oxygens (including phenoxy) is 2. The number of halogens is 2. The molecule has 0 fully saturated rings. The van der Waals surface area contributed by atoms with Gasteiger partial charge in [0.1, 0.15) is 11.3 Å². The minimum absolute atomic E-state index is 0.0237. The highest BCUT2D eigenvalue weighted by molar-refractivity contribution is 9.10. The Morgan fingerprint density at radius 2 is 1.85 bits per heavy atom. The van der Waals surface area contributed by atoms with Crippen molar-refractivity contribution in [2.45, 2.75) is 0 Å². The molecule has 0 aliphatic carbocycles. The standard InChI is InChI=1S/C13H8Br2O5/c1-18-12(16)8-6-7(14)2-3-9(8)20-13(17)10-4-5-11(15)19-10/h2-6H,1H3. The summed E-state index contributed by atoms with van der Waals surface area (Å²) < 4.78 is 15.9. The van der Waals surface area contributed by atoms with Gasteiger partial charge in [-0.3, -0.25) is 0 Å². The van der Waals surface area contributed by atoms with Gasteiger partial charge in [-0.05, 0) is 46.3 Å². The molecule has 0 unspecified atom stereocenters. The summed E-state index contributed by atoms with van der Waals surface area (Å²) in [4.78, 5) is 23.5. The summed E-state index contributed by atoms with van der Waals surface area (Å²) >= 11 is 6.32. The quantitative estimate of drug-likeness (QED) is 0.575. The number of hydrogen-bond donors (Lipinski definition) is 0. The second-order valence-electron chi connectivity index (χ2n) is 3.63. The molecule has 0 saturated heterocycles. The molecule has 0 N–H and O–H groups in total. The van der Waals surface area contributed by atoms with Crippen LogP contribution in [0.4, 0.5) is 0 Å². The number of carbonyl (C=O) groups excluding carboxylic acids is 2. The maximum atomic E-state index is 11.9. The molecule has 0 aliphatic rings. The zero-order valence-electron chi connectivity index (χ0n) is 10.2. The van der Waals surface area contributed by atoms with Crippen molar-refractivity contribution in [2.75, 3.05) is 7.11 Å². The van der Waals surface area contributed by atoms with Gasteiger partial charge in [0, 0.05) is 4.47 Å². The van der Waals surface area contributed by atoms with E-state index in [1.165, 1.54) is 25.3 Å². The zero-order valence-corrected chi connectivity index (χ0v) is 13.4. The number of furan rings is 1. The first-order chi connectivity index (χ1) is 9.51. The first-order valence-corrected chi connectivity index (χ1v) is 6.95. The summed E-state index contributed by atoms with van der Waals surface area (Å²) in [6, 6.07) is 7.67. The summed E-state index contributed by atoms with van der Waals surface area (Å²) in [6.45, 7) is 0. The van der Waals surface area contributed by atoms with Crippen molar-refractivity contribution < 1.29 is 23.5 Å². The smallest absolute Gasteiger partial charge is 0.379 e. The topological polar surface area (TPSA) is 65.7 Å². The molecule has 0 aliphatic heterocycles. The van der Waals surface area contributed by atoms with Crippen LogP contribution < -0.4 is 4.74 Å². The average molecular weight is 404 g/mol. The molecule has 5 nitrogen and oxygen atoms in total. The van der Waals surface area contributed by atoms with Gasteiger partial charge < -0.3 is 13.9 Å². The Morgan fingerprint density at radius 1 is 1.10 bits per heavy atom. The molecule has 2 aromatic rings. The largest absolute Gasteiger partial charge is 0.465 e. The van der Waals surface area contributed by atoms with Crippen LogP contribution in [0.2, 0.25) is 0 Å². The molecule has 0 atom stereocenters. The van der Waals surface area contributed by atoms with Crippen molar-refractivity contribution in [3.8, 4) is 5.75 Å². The van der Waals surface area contributed by atoms with Gasteiger partial charge in [0.15, 0.2) is 4.67 Å². The minimum Gasteiger partial charge on any atom is -0.465 e. The van der Waals surface area contributed by atoms with E-state index in [1.54, 1.807) is 12.1 Å². The van der Waals surface area contributed by atoms with E-state index >= 15 is 0 Å². The fraction of sp³-hybridized carbons (Fsp3) is 0.0769. The molecule has 2 rings (SSSR count). The lowest BCUT2D eigenvalue weighted by Crippen LogP contribution is -2.11. The lowest BCUT2D eigenvalue weighted by Gasteiger charge is -2.08. The van der Waals surface area contributed by atoms with Gasteiger partial charge in [-0.25, -0.2) is 9.59 Å². The highest BCUT2D eigenvalue weighted by Crippen LogP contribution is 2.25. The molecule has 1 heterocycles. The van der Waals surface area contributed by atoms with Crippen molar-refractivity contribution in [3.05, 3.63) is 50.8 Å². The van der Waals surface area contributed by atoms with E-state index in [0.717, 1.165) is 0 Å². The SMILES string of the molecule is COC(=O)c1cc(Br)ccc1OC(=O)c1ccc(Br)o1. The van der Waals surface area contributed by atoms with Gasteiger partial charge in [0.25, 0.3) is 0 Å². The summed E-state index contributed by atoms with van der Waals surface area (Å²) in [5, 5.41) is 0. The van der Waals surface area contributed by atoms with Crippen LogP contribution in [0, 0.1) is 0 Å². The van der Waals surface area contributed by atoms with Crippen molar-refractivity contribution >= 4 is 43.8 Å². The van der Waals surface area contributed by atoms with Crippen LogP contribution in [-0.4, -0.2) is 19.0 Å². The molecule has 104 valence electrons. The van der Waals surface area contributed by atoms with Gasteiger partial charge in [-0.15, -0.1) is 0 Å². The van der Waals surface area contributed by atoms with Crippen molar-refractivity contribution in [2.24, 2.45) is 0 Å². The van der Waals surface area contributed by atoms with Gasteiger partial charge in [-0.2, -0.15) is 0 Å². The molecule has 0 amide bonds. The van der Waals surface area contributed by atoms with E-state index in [4.69, 9.17) is 9.15 Å². The van der Waals surface area contributed by atoms with Crippen LogP contribution in [-0.2, 0) is 4.74 Å². The maximum absolute atomic E-state index is 11.9. The monoisotopic (exact) mass is 402 g/mol. The van der Waals surface area contributed by atoms with E-state index in [0.29, 0.717) is 9.14 Å². The van der Waals surface area contributed by atoms with Crippen molar-refractivity contribution in [3.63, 3.8) is 0 Å². The Morgan fingerprint density at radius 3 is 2.45 bits per heavy atom. The summed E-state index contributed by atoms with van der Waals surface area (Å²) in [5.41, 5.74) is 0.140. The van der Waals surface area contributed by atoms with Gasteiger partial charge in [-0.1, -0.05) is 15.9 Å². The maximum Gasteiger partial charge on any atom is 0.379 e. The Hall–Kier alpha value is -1.60. The van der Waals surface area contributed by atoms with Gasteiger partial charge in [0.05, 0.1) is 7.11 Å². The molecular formula is C13H8Br2O5. The summed E-state index contributed by atoms with van der Waals surface area (Å²) in [7, 11) is 1.25. The number of benzene rings is 1. The van der Waals surface area contributed by atoms with Gasteiger partial charge >= 0.3 is 11.9 Å². The molecule has 0 bridgehead atoms. The van der Waals surface area contributed by atoms with Gasteiger partial charge in [0.2, 0.25) is 5.76 Å². The number of carbonyl (C=O) groups is 2. The molecule has 20 heavy (non-hydrogen) atoms. The predicted molar refractivity (Wildman–Crippen MR) is 76.8 cm³/mol. The predicted octanol–water partition coefficient (Wildman–Crippen LogP) is 3.81. The van der Waals surface area contributed by atoms with E-state index < -0.39 is 11.9 Å². The minimum atomic E-state index is -0.705. The molecule has 7 heteroatoms. The molecule has 1 aromatic carbocycles. The third-order valence-corrected chi connectivity index (χ3v) is 3.24. The van der Waals surface area contributed by atoms with E-state index in [9.17, 15) is 9.59 Å². The summed E-state index contributed by atoms with van der Waals surface area (Å²) in [6.07, 6.45) is 0. The first kappa shape index (κ1) is 14.8. The van der Waals surface area contributed by atoms with E-state index in [1.807, 2.05) is 0 Å². The Balaban J connectivity index is 2.29. The van der Waals surface area contributed by atoms with Crippen LogP contribution in [0.1, 0.15) is 20.9 Å². The molecule has 0 saturated carbocycles. The second kappa shape index (κ2) is 6.23. The molecule has 1 aromatic heterocycles. The van der Waals surface area contributed by atoms with Crippen LogP contribution >= 0.6 is 31.9 Å². The number of methoxy groups -OCH3 is 1. The van der Waals surface area contributed by atoms with E-state index in [-0.39, 0.29) is 17.1 Å². The number of esters is 2. The number of hydrogen-bond acceptors (Lipinski definition) is 5. The molecular weight excluding hydrogens is 396 g/mol. The highest BCUT2D eigenvalue weighted by atomic mass is 79.9. The van der Waals surface area contributed by atoms with Crippen LogP contribution in [0.25, 0.3) is 0 Å². The first-order valence-electron chi connectivity index (χ1n) is 5.36. The number of rotatable bonds is 3. The third kappa shape index (κ3) is 3.29. The fourth-order valence-electron chi connectivity index (χ4n) is 1.43. The third-order valence-electron chi connectivity index (χ3n) is 2.32. The van der Waals surface area contributed by atoms with Crippen LogP contribution in [0.3, 0.4) is 0 Å².